The van der Waals surface area contributed by atoms with Crippen LogP contribution in [0.5, 0.6) is 0 Å². The van der Waals surface area contributed by atoms with Gasteiger partial charge in [-0.05, 0) is 26.0 Å². The van der Waals surface area contributed by atoms with Crippen LogP contribution >= 0.6 is 23.1 Å². The summed E-state index contributed by atoms with van der Waals surface area (Å²) in [4.78, 5) is 4.52. The van der Waals surface area contributed by atoms with Gasteiger partial charge in [-0.3, -0.25) is 0 Å². The first-order valence-corrected chi connectivity index (χ1v) is 8.05. The summed E-state index contributed by atoms with van der Waals surface area (Å²) in [5.41, 5.74) is 1.67. The first-order chi connectivity index (χ1) is 9.67. The zero-order chi connectivity index (χ0) is 14.1. The van der Waals surface area contributed by atoms with Gasteiger partial charge in [-0.25, -0.2) is 9.37 Å². The van der Waals surface area contributed by atoms with Crippen molar-refractivity contribution in [1.82, 2.24) is 19.7 Å². The maximum atomic E-state index is 13.3. The molecule has 0 atom stereocenters. The average molecular weight is 308 g/mol. The van der Waals surface area contributed by atoms with Crippen LogP contribution in [0.1, 0.15) is 17.8 Å². The molecule has 0 unspecified atom stereocenters. The van der Waals surface area contributed by atoms with E-state index >= 15 is 0 Å². The van der Waals surface area contributed by atoms with Crippen LogP contribution in [0.4, 0.5) is 4.39 Å². The fourth-order valence-electron chi connectivity index (χ4n) is 2.08. The summed E-state index contributed by atoms with van der Waals surface area (Å²) in [6.07, 6.45) is 0. The van der Waals surface area contributed by atoms with Gasteiger partial charge < -0.3 is 4.57 Å². The smallest absolute Gasteiger partial charge is 0.174 e. The van der Waals surface area contributed by atoms with Gasteiger partial charge in [-0.15, -0.1) is 10.2 Å². The Hall–Kier alpha value is -1.47. The van der Waals surface area contributed by atoms with Crippen molar-refractivity contribution in [1.29, 1.82) is 0 Å². The number of thioether (sulfide) groups is 1. The average Bonchev–Trinajstić information content (AvgIpc) is 2.98. The summed E-state index contributed by atoms with van der Waals surface area (Å²) in [5, 5.41) is 9.04. The summed E-state index contributed by atoms with van der Waals surface area (Å²) < 4.78 is 16.3. The van der Waals surface area contributed by atoms with Crippen LogP contribution in [0.2, 0.25) is 0 Å². The third-order valence-electron chi connectivity index (χ3n) is 2.94. The Morgan fingerprint density at radius 1 is 1.35 bits per heavy atom. The molecule has 0 saturated heterocycles. The maximum Gasteiger partial charge on any atom is 0.174 e. The Balaban J connectivity index is 1.90. The molecule has 0 aliphatic carbocycles. The standard InChI is InChI=1S/C13H13FN4S2/c1-3-18-11-5-4-9(14)6-10(11)15-12(18)7-19-13-17-16-8(2)20-13/h4-6H,3,7H2,1-2H3. The highest BCUT2D eigenvalue weighted by molar-refractivity contribution is 8.00. The van der Waals surface area contributed by atoms with Crippen LogP contribution < -0.4 is 0 Å². The minimum atomic E-state index is -0.253. The van der Waals surface area contributed by atoms with Gasteiger partial charge >= 0.3 is 0 Å². The number of fused-ring (bicyclic) bond motifs is 1. The second kappa shape index (κ2) is 5.49. The molecule has 0 saturated carbocycles. The van der Waals surface area contributed by atoms with Gasteiger partial charge in [0.2, 0.25) is 0 Å². The Morgan fingerprint density at radius 3 is 2.90 bits per heavy atom. The van der Waals surface area contributed by atoms with E-state index in [4.69, 9.17) is 0 Å². The molecule has 3 rings (SSSR count). The van der Waals surface area contributed by atoms with Crippen molar-refractivity contribution in [2.75, 3.05) is 0 Å². The van der Waals surface area contributed by atoms with E-state index in [1.165, 1.54) is 12.1 Å². The quantitative estimate of drug-likeness (QED) is 0.690. The molecule has 4 nitrogen and oxygen atoms in total. The molecule has 1 aromatic carbocycles. The van der Waals surface area contributed by atoms with Gasteiger partial charge in [0.05, 0.1) is 16.8 Å². The molecule has 20 heavy (non-hydrogen) atoms. The molecule has 3 aromatic rings. The van der Waals surface area contributed by atoms with Gasteiger partial charge in [0, 0.05) is 12.6 Å². The van der Waals surface area contributed by atoms with E-state index in [-0.39, 0.29) is 5.82 Å². The van der Waals surface area contributed by atoms with Gasteiger partial charge in [0.25, 0.3) is 0 Å². The van der Waals surface area contributed by atoms with E-state index in [0.29, 0.717) is 11.3 Å². The monoisotopic (exact) mass is 308 g/mol. The Labute approximate surface area is 124 Å². The number of hydrogen-bond acceptors (Lipinski definition) is 5. The van der Waals surface area contributed by atoms with Crippen LogP contribution in [0, 0.1) is 12.7 Å². The molecule has 2 aromatic heterocycles. The van der Waals surface area contributed by atoms with E-state index in [1.54, 1.807) is 29.2 Å². The van der Waals surface area contributed by atoms with Crippen LogP contribution in [0.25, 0.3) is 11.0 Å². The van der Waals surface area contributed by atoms with E-state index in [1.807, 2.05) is 6.92 Å². The lowest BCUT2D eigenvalue weighted by Gasteiger charge is -2.04. The number of hydrogen-bond donors (Lipinski definition) is 0. The molecule has 0 fully saturated rings. The topological polar surface area (TPSA) is 43.6 Å². The molecule has 0 bridgehead atoms. The lowest BCUT2D eigenvalue weighted by Crippen LogP contribution is -2.00. The van der Waals surface area contributed by atoms with Crippen molar-refractivity contribution in [3.63, 3.8) is 0 Å². The highest BCUT2D eigenvalue weighted by Gasteiger charge is 2.11. The highest BCUT2D eigenvalue weighted by Crippen LogP contribution is 2.27. The number of rotatable bonds is 4. The summed E-state index contributed by atoms with van der Waals surface area (Å²) in [5.74, 6) is 1.39. The second-order valence-electron chi connectivity index (χ2n) is 4.28. The van der Waals surface area contributed by atoms with E-state index in [9.17, 15) is 4.39 Å². The molecule has 0 aliphatic rings. The Morgan fingerprint density at radius 2 is 2.20 bits per heavy atom. The van der Waals surface area contributed by atoms with Crippen molar-refractivity contribution in [2.45, 2.75) is 30.5 Å². The number of benzene rings is 1. The molecule has 0 N–H and O–H groups in total. The van der Waals surface area contributed by atoms with E-state index < -0.39 is 0 Å². The fraction of sp³-hybridized carbons (Fsp3) is 0.308. The van der Waals surface area contributed by atoms with Gasteiger partial charge in [-0.1, -0.05) is 23.1 Å². The molecule has 0 aliphatic heterocycles. The summed E-state index contributed by atoms with van der Waals surface area (Å²) in [6.45, 7) is 4.81. The third kappa shape index (κ3) is 2.55. The third-order valence-corrected chi connectivity index (χ3v) is 4.91. The summed E-state index contributed by atoms with van der Waals surface area (Å²) >= 11 is 3.18. The molecular weight excluding hydrogens is 295 g/mol. The van der Waals surface area contributed by atoms with Crippen LogP contribution in [-0.2, 0) is 12.3 Å². The van der Waals surface area contributed by atoms with Crippen molar-refractivity contribution < 1.29 is 4.39 Å². The van der Waals surface area contributed by atoms with Crippen LogP contribution in [0.3, 0.4) is 0 Å². The number of aromatic nitrogens is 4. The summed E-state index contributed by atoms with van der Waals surface area (Å²) in [7, 11) is 0. The highest BCUT2D eigenvalue weighted by atomic mass is 32.2. The number of nitrogens with zero attached hydrogens (tertiary/aromatic N) is 4. The predicted octanol–water partition coefficient (Wildman–Crippen LogP) is 3.65. The lowest BCUT2D eigenvalue weighted by molar-refractivity contribution is 0.629. The maximum absolute atomic E-state index is 13.3. The number of aryl methyl sites for hydroxylation is 2. The SMILES string of the molecule is CCn1c(CSc2nnc(C)s2)nc2cc(F)ccc21. The van der Waals surface area contributed by atoms with Crippen molar-refractivity contribution in [3.05, 3.63) is 34.8 Å². The van der Waals surface area contributed by atoms with Crippen molar-refractivity contribution in [2.24, 2.45) is 0 Å². The molecule has 0 radical (unpaired) electrons. The minimum absolute atomic E-state index is 0.253. The summed E-state index contributed by atoms with van der Waals surface area (Å²) in [6, 6.07) is 4.73. The fourth-order valence-corrected chi connectivity index (χ4v) is 3.84. The van der Waals surface area contributed by atoms with Gasteiger partial charge in [-0.2, -0.15) is 0 Å². The Kier molecular flexibility index (Phi) is 3.71. The minimum Gasteiger partial charge on any atom is -0.328 e. The molecule has 7 heteroatoms. The normalized spacial score (nSPS) is 11.3. The zero-order valence-corrected chi connectivity index (χ0v) is 12.8. The molecule has 2 heterocycles. The number of halogens is 1. The van der Waals surface area contributed by atoms with E-state index in [2.05, 4.69) is 26.7 Å². The molecule has 104 valence electrons. The largest absolute Gasteiger partial charge is 0.328 e. The molecule has 0 spiro atoms. The van der Waals surface area contributed by atoms with E-state index in [0.717, 1.165) is 27.2 Å². The second-order valence-corrected chi connectivity index (χ2v) is 6.69. The molecular formula is C13H13FN4S2. The van der Waals surface area contributed by atoms with Crippen molar-refractivity contribution in [3.8, 4) is 0 Å². The van der Waals surface area contributed by atoms with Gasteiger partial charge in [0.15, 0.2) is 4.34 Å². The van der Waals surface area contributed by atoms with Crippen LogP contribution in [-0.4, -0.2) is 19.7 Å². The first kappa shape index (κ1) is 13.5. The zero-order valence-electron chi connectivity index (χ0n) is 11.1. The lowest BCUT2D eigenvalue weighted by atomic mass is 10.3. The Bertz CT molecular complexity index is 750. The predicted molar refractivity (Wildman–Crippen MR) is 79.6 cm³/mol. The van der Waals surface area contributed by atoms with Crippen molar-refractivity contribution >= 4 is 34.1 Å². The van der Waals surface area contributed by atoms with Crippen LogP contribution in [0.15, 0.2) is 22.5 Å². The molecule has 0 amide bonds. The van der Waals surface area contributed by atoms with Gasteiger partial charge in [0.1, 0.15) is 16.6 Å². The number of imidazole rings is 1. The first-order valence-electron chi connectivity index (χ1n) is 6.25.